The first-order valence-corrected chi connectivity index (χ1v) is 10.9. The molecule has 29 heavy (non-hydrogen) atoms. The highest BCUT2D eigenvalue weighted by molar-refractivity contribution is 7.71. The van der Waals surface area contributed by atoms with Gasteiger partial charge in [-0.25, -0.2) is 9.97 Å². The summed E-state index contributed by atoms with van der Waals surface area (Å²) in [5.74, 6) is 0. The molecule has 3 heterocycles. The molecule has 0 spiro atoms. The van der Waals surface area contributed by atoms with Gasteiger partial charge in [-0.2, -0.15) is 0 Å². The van der Waals surface area contributed by atoms with Crippen LogP contribution in [0.15, 0.2) is 12.7 Å². The van der Waals surface area contributed by atoms with Crippen molar-refractivity contribution in [3.63, 3.8) is 0 Å². The molecule has 0 aliphatic carbocycles. The van der Waals surface area contributed by atoms with Gasteiger partial charge >= 0.3 is 7.60 Å². The zero-order valence-corrected chi connectivity index (χ0v) is 18.1. The third-order valence-corrected chi connectivity index (χ3v) is 7.17. The molecule has 5 unspecified atom stereocenters. The number of hydrogen-bond acceptors (Lipinski definition) is 9. The van der Waals surface area contributed by atoms with Crippen molar-refractivity contribution in [2.24, 2.45) is 0 Å². The second kappa shape index (κ2) is 7.47. The van der Waals surface area contributed by atoms with Gasteiger partial charge in [0.2, 0.25) is 0 Å². The van der Waals surface area contributed by atoms with E-state index in [1.807, 2.05) is 0 Å². The van der Waals surface area contributed by atoms with Crippen molar-refractivity contribution in [1.82, 2.24) is 19.5 Å². The van der Waals surface area contributed by atoms with Crippen molar-refractivity contribution in [2.75, 3.05) is 0 Å². The molecular weight excluding hydrogens is 423 g/mol. The van der Waals surface area contributed by atoms with Crippen LogP contribution in [-0.4, -0.2) is 69.0 Å². The number of nitrogens with one attached hydrogen (secondary N) is 1. The lowest BCUT2D eigenvalue weighted by Crippen LogP contribution is -2.38. The lowest BCUT2D eigenvalue weighted by molar-refractivity contribution is -0.0631. The molecule has 13 heteroatoms. The van der Waals surface area contributed by atoms with Gasteiger partial charge in [-0.15, -0.1) is 0 Å². The van der Waals surface area contributed by atoms with Crippen LogP contribution in [0.2, 0.25) is 0 Å². The maximum absolute atomic E-state index is 12.3. The Hall–Kier alpha value is -1.24. The van der Waals surface area contributed by atoms with E-state index in [4.69, 9.17) is 21.5 Å². The molecule has 0 bridgehead atoms. The molecule has 5 atom stereocenters. The first-order chi connectivity index (χ1) is 13.2. The number of rotatable bonds is 6. The Morgan fingerprint density at radius 2 is 1.97 bits per heavy atom. The summed E-state index contributed by atoms with van der Waals surface area (Å²) in [7, 11) is -4.37. The van der Waals surface area contributed by atoms with Gasteiger partial charge in [-0.05, 0) is 27.7 Å². The monoisotopic (exact) mass is 448 g/mol. The van der Waals surface area contributed by atoms with Crippen molar-refractivity contribution >= 4 is 31.0 Å². The summed E-state index contributed by atoms with van der Waals surface area (Å²) in [6, 6.07) is 0. The van der Waals surface area contributed by atoms with E-state index >= 15 is 0 Å². The minimum Gasteiger partial charge on any atom is -0.388 e. The number of H-pyrrole nitrogens is 1. The van der Waals surface area contributed by atoms with Crippen molar-refractivity contribution in [3.05, 3.63) is 17.3 Å². The van der Waals surface area contributed by atoms with Crippen LogP contribution in [0.3, 0.4) is 0 Å². The fourth-order valence-electron chi connectivity index (χ4n) is 3.16. The number of nitrogens with zero attached hydrogens (tertiary/aromatic N) is 3. The van der Waals surface area contributed by atoms with Crippen LogP contribution >= 0.6 is 19.8 Å². The van der Waals surface area contributed by atoms with Crippen LogP contribution in [0, 0.1) is 4.64 Å². The summed E-state index contributed by atoms with van der Waals surface area (Å²) in [4.78, 5) is 21.0. The van der Waals surface area contributed by atoms with Crippen LogP contribution < -0.4 is 0 Å². The topological polar surface area (TPSA) is 163 Å². The van der Waals surface area contributed by atoms with E-state index in [1.165, 1.54) is 44.9 Å². The summed E-state index contributed by atoms with van der Waals surface area (Å²) >= 11 is 5.12. The quantitative estimate of drug-likeness (QED) is 0.321. The van der Waals surface area contributed by atoms with E-state index in [9.17, 15) is 24.8 Å². The standard InChI is InChI=1S/C16H25N4O7PS/c1-15(2,27-28(24,25)16(3,4)23)5-8-10(21)11(22)14(26-8)20-7-19-9-12(20)17-6-18-13(9)29/h6-8,10-11,14,21-23H,5H2,1-4H3,(H,24,25)(H,17,18,29). The lowest BCUT2D eigenvalue weighted by Gasteiger charge is -2.34. The third kappa shape index (κ3) is 4.30. The van der Waals surface area contributed by atoms with Crippen LogP contribution in [0.5, 0.6) is 0 Å². The van der Waals surface area contributed by atoms with Gasteiger partial charge in [0.25, 0.3) is 0 Å². The largest absolute Gasteiger partial charge is 0.388 e. The Balaban J connectivity index is 1.81. The normalized spacial score (nSPS) is 28.0. The molecule has 0 radical (unpaired) electrons. The average molecular weight is 448 g/mol. The number of hydrogen-bond donors (Lipinski definition) is 5. The van der Waals surface area contributed by atoms with E-state index in [-0.39, 0.29) is 11.1 Å². The molecular formula is C16H25N4O7PS. The molecule has 2 aromatic rings. The van der Waals surface area contributed by atoms with E-state index < -0.39 is 43.1 Å². The highest BCUT2D eigenvalue weighted by Crippen LogP contribution is 2.57. The lowest BCUT2D eigenvalue weighted by atomic mass is 9.97. The molecule has 0 aromatic carbocycles. The van der Waals surface area contributed by atoms with Gasteiger partial charge in [0.15, 0.2) is 16.2 Å². The first-order valence-electron chi connectivity index (χ1n) is 8.91. The fraction of sp³-hybridized carbons (Fsp3) is 0.688. The van der Waals surface area contributed by atoms with Crippen LogP contribution in [0.4, 0.5) is 0 Å². The van der Waals surface area contributed by atoms with Crippen molar-refractivity contribution < 1.29 is 34.0 Å². The molecule has 1 aliphatic rings. The number of ether oxygens (including phenoxy) is 1. The molecule has 5 N–H and O–H groups in total. The van der Waals surface area contributed by atoms with Crippen LogP contribution in [-0.2, 0) is 13.8 Å². The molecule has 1 saturated heterocycles. The van der Waals surface area contributed by atoms with Crippen molar-refractivity contribution in [2.45, 2.75) is 69.6 Å². The Bertz CT molecular complexity index is 1000. The molecule has 1 fully saturated rings. The van der Waals surface area contributed by atoms with Crippen molar-refractivity contribution in [1.29, 1.82) is 0 Å². The fourth-order valence-corrected chi connectivity index (χ4v) is 4.33. The van der Waals surface area contributed by atoms with Gasteiger partial charge in [-0.3, -0.25) is 9.13 Å². The second-order valence-corrected chi connectivity index (χ2v) is 10.9. The summed E-state index contributed by atoms with van der Waals surface area (Å²) in [5.41, 5.74) is -0.351. The van der Waals surface area contributed by atoms with Crippen LogP contribution in [0.25, 0.3) is 11.2 Å². The zero-order chi connectivity index (χ0) is 21.8. The van der Waals surface area contributed by atoms with Gasteiger partial charge in [0.05, 0.1) is 24.4 Å². The molecule has 162 valence electrons. The van der Waals surface area contributed by atoms with Gasteiger partial charge < -0.3 is 34.5 Å². The number of aromatic nitrogens is 4. The number of aliphatic hydroxyl groups is 3. The number of fused-ring (bicyclic) bond motifs is 1. The summed E-state index contributed by atoms with van der Waals surface area (Å²) in [5, 5.41) is 28.9. The molecule has 0 saturated carbocycles. The number of aromatic amines is 1. The molecule has 2 aromatic heterocycles. The second-order valence-electron chi connectivity index (χ2n) is 8.17. The van der Waals surface area contributed by atoms with Gasteiger partial charge in [0.1, 0.15) is 23.4 Å². The average Bonchev–Trinajstić information content (AvgIpc) is 3.10. The molecule has 0 amide bonds. The minimum atomic E-state index is -4.37. The summed E-state index contributed by atoms with van der Waals surface area (Å²) < 4.78 is 25.2. The highest BCUT2D eigenvalue weighted by atomic mass is 32.1. The van der Waals surface area contributed by atoms with Gasteiger partial charge in [-0.1, -0.05) is 12.2 Å². The Kier molecular flexibility index (Phi) is 5.78. The smallest absolute Gasteiger partial charge is 0.359 e. The predicted molar refractivity (Wildman–Crippen MR) is 105 cm³/mol. The van der Waals surface area contributed by atoms with E-state index in [1.54, 1.807) is 0 Å². The maximum atomic E-state index is 12.3. The summed E-state index contributed by atoms with van der Waals surface area (Å²) in [6.07, 6.45) is -1.67. The summed E-state index contributed by atoms with van der Waals surface area (Å²) in [6.45, 7) is 5.42. The first kappa shape index (κ1) is 22.4. The SMILES string of the molecule is CC(C)(CC1OC(n2cnc3c(=S)nc[nH]c32)C(O)C1O)OP(=O)(O)C(C)(C)O. The molecule has 1 aliphatic heterocycles. The maximum Gasteiger partial charge on any atom is 0.359 e. The van der Waals surface area contributed by atoms with Crippen molar-refractivity contribution in [3.8, 4) is 0 Å². The van der Waals surface area contributed by atoms with E-state index in [0.717, 1.165) is 0 Å². The molecule has 3 rings (SSSR count). The number of aliphatic hydroxyl groups excluding tert-OH is 2. The third-order valence-electron chi connectivity index (χ3n) is 4.75. The number of imidazole rings is 1. The van der Waals surface area contributed by atoms with Crippen LogP contribution in [0.1, 0.15) is 40.3 Å². The predicted octanol–water partition coefficient (Wildman–Crippen LogP) is 1.21. The van der Waals surface area contributed by atoms with E-state index in [0.29, 0.717) is 11.2 Å². The van der Waals surface area contributed by atoms with E-state index in [2.05, 4.69) is 15.0 Å². The highest BCUT2D eigenvalue weighted by Gasteiger charge is 2.49. The Labute approximate surface area is 171 Å². The Morgan fingerprint density at radius 3 is 2.59 bits per heavy atom. The molecule has 11 nitrogen and oxygen atoms in total. The Morgan fingerprint density at radius 1 is 1.31 bits per heavy atom. The minimum absolute atomic E-state index is 0.0213. The van der Waals surface area contributed by atoms with Gasteiger partial charge in [0, 0.05) is 6.42 Å². The zero-order valence-electron chi connectivity index (χ0n) is 16.4.